The highest BCUT2D eigenvalue weighted by Crippen LogP contribution is 2.38. The lowest BCUT2D eigenvalue weighted by molar-refractivity contribution is -0.384. The molecule has 0 aliphatic carbocycles. The van der Waals surface area contributed by atoms with Crippen LogP contribution in [0.25, 0.3) is 6.08 Å². The maximum absolute atomic E-state index is 13.0. The number of benzene rings is 3. The number of nitro benzene ring substituents is 1. The van der Waals surface area contributed by atoms with E-state index in [1.807, 2.05) is 60.7 Å². The highest BCUT2D eigenvalue weighted by Gasteiger charge is 2.32. The van der Waals surface area contributed by atoms with Crippen molar-refractivity contribution >= 4 is 57.7 Å². The first-order chi connectivity index (χ1) is 15.0. The third kappa shape index (κ3) is 5.04. The fraction of sp³-hybridized carbons (Fsp3) is 0.0435. The van der Waals surface area contributed by atoms with Crippen LogP contribution in [0.1, 0.15) is 11.1 Å². The number of rotatable bonds is 6. The van der Waals surface area contributed by atoms with Crippen LogP contribution in [0, 0.1) is 10.1 Å². The van der Waals surface area contributed by atoms with Crippen LogP contribution >= 0.6 is 35.7 Å². The first kappa shape index (κ1) is 21.3. The van der Waals surface area contributed by atoms with Crippen molar-refractivity contribution in [3.63, 3.8) is 0 Å². The molecule has 1 amide bonds. The molecule has 5 nitrogen and oxygen atoms in total. The van der Waals surface area contributed by atoms with Crippen LogP contribution in [0.2, 0.25) is 0 Å². The molecule has 1 saturated heterocycles. The van der Waals surface area contributed by atoms with E-state index in [1.54, 1.807) is 17.0 Å². The number of carbonyl (C=O) groups is 1. The molecule has 4 rings (SSSR count). The maximum Gasteiger partial charge on any atom is 0.270 e. The molecule has 8 heteroatoms. The van der Waals surface area contributed by atoms with Crippen LogP contribution in [-0.2, 0) is 11.3 Å². The molecule has 0 spiro atoms. The Kier molecular flexibility index (Phi) is 6.50. The van der Waals surface area contributed by atoms with Crippen LogP contribution in [-0.4, -0.2) is 20.1 Å². The van der Waals surface area contributed by atoms with Gasteiger partial charge in [0.15, 0.2) is 0 Å². The number of amides is 1. The second-order valence-electron chi connectivity index (χ2n) is 6.65. The highest BCUT2D eigenvalue weighted by molar-refractivity contribution is 8.26. The summed E-state index contributed by atoms with van der Waals surface area (Å²) in [5.41, 5.74) is 1.57. The van der Waals surface area contributed by atoms with Gasteiger partial charge in [-0.05, 0) is 35.4 Å². The van der Waals surface area contributed by atoms with Gasteiger partial charge < -0.3 is 0 Å². The van der Waals surface area contributed by atoms with Crippen molar-refractivity contribution in [1.82, 2.24) is 4.90 Å². The van der Waals surface area contributed by atoms with Gasteiger partial charge in [-0.3, -0.25) is 19.8 Å². The Bertz CT molecular complexity index is 1180. The third-order valence-electron chi connectivity index (χ3n) is 4.52. The minimum absolute atomic E-state index is 0.0246. The van der Waals surface area contributed by atoms with Crippen LogP contribution in [0.3, 0.4) is 0 Å². The summed E-state index contributed by atoms with van der Waals surface area (Å²) in [5, 5.41) is 11.3. The Hall–Kier alpha value is -2.94. The molecule has 0 bridgehead atoms. The molecule has 3 aromatic rings. The van der Waals surface area contributed by atoms with E-state index < -0.39 is 4.92 Å². The summed E-state index contributed by atoms with van der Waals surface area (Å²) in [7, 11) is 0. The van der Waals surface area contributed by atoms with E-state index in [9.17, 15) is 14.9 Å². The van der Waals surface area contributed by atoms with Crippen molar-refractivity contribution < 1.29 is 9.72 Å². The molecule has 1 heterocycles. The van der Waals surface area contributed by atoms with E-state index in [2.05, 4.69) is 0 Å². The number of thioether (sulfide) groups is 1. The van der Waals surface area contributed by atoms with Gasteiger partial charge in [0.05, 0.1) is 16.4 Å². The summed E-state index contributed by atoms with van der Waals surface area (Å²) in [4.78, 5) is 27.7. The molecule has 154 valence electrons. The highest BCUT2D eigenvalue weighted by atomic mass is 32.2. The predicted octanol–water partition coefficient (Wildman–Crippen LogP) is 6.15. The molecule has 1 aliphatic rings. The Morgan fingerprint density at radius 1 is 1.03 bits per heavy atom. The van der Waals surface area contributed by atoms with E-state index in [0.29, 0.717) is 21.3 Å². The maximum atomic E-state index is 13.0. The van der Waals surface area contributed by atoms with E-state index in [1.165, 1.54) is 35.7 Å². The number of non-ortho nitro benzene ring substituents is 1. The van der Waals surface area contributed by atoms with Gasteiger partial charge in [0.1, 0.15) is 4.32 Å². The lowest BCUT2D eigenvalue weighted by Gasteiger charge is -2.14. The van der Waals surface area contributed by atoms with Crippen LogP contribution < -0.4 is 0 Å². The molecule has 0 aromatic heterocycles. The molecule has 0 atom stereocenters. The van der Waals surface area contributed by atoms with Crippen LogP contribution in [0.15, 0.2) is 93.6 Å². The first-order valence-corrected chi connectivity index (χ1v) is 11.4. The monoisotopic (exact) mass is 464 g/mol. The second kappa shape index (κ2) is 9.47. The van der Waals surface area contributed by atoms with E-state index in [0.717, 1.165) is 15.4 Å². The molecule has 0 unspecified atom stereocenters. The Morgan fingerprint density at radius 2 is 1.71 bits per heavy atom. The summed E-state index contributed by atoms with van der Waals surface area (Å²) < 4.78 is 0.475. The van der Waals surface area contributed by atoms with Crippen LogP contribution in [0.4, 0.5) is 5.69 Å². The van der Waals surface area contributed by atoms with Gasteiger partial charge in [-0.25, -0.2) is 0 Å². The van der Waals surface area contributed by atoms with Crippen molar-refractivity contribution in [3.05, 3.63) is 105 Å². The SMILES string of the molecule is O=C1C(=Cc2cc([N+](=O)[O-])ccc2Sc2ccccc2)SC(=S)N1Cc1ccccc1. The second-order valence-corrected chi connectivity index (χ2v) is 9.44. The summed E-state index contributed by atoms with van der Waals surface area (Å²) in [6, 6.07) is 24.0. The van der Waals surface area contributed by atoms with Crippen molar-refractivity contribution in [3.8, 4) is 0 Å². The predicted molar refractivity (Wildman–Crippen MR) is 129 cm³/mol. The minimum atomic E-state index is -0.436. The zero-order valence-electron chi connectivity index (χ0n) is 16.1. The third-order valence-corrected chi connectivity index (χ3v) is 7.00. The number of nitro groups is 1. The minimum Gasteiger partial charge on any atom is -0.288 e. The van der Waals surface area contributed by atoms with Crippen molar-refractivity contribution in [2.24, 2.45) is 0 Å². The van der Waals surface area contributed by atoms with Gasteiger partial charge in [0.2, 0.25) is 0 Å². The lowest BCUT2D eigenvalue weighted by atomic mass is 10.1. The summed E-state index contributed by atoms with van der Waals surface area (Å²) in [6.45, 7) is 0.392. The van der Waals surface area contributed by atoms with Crippen molar-refractivity contribution in [1.29, 1.82) is 0 Å². The molecule has 1 aliphatic heterocycles. The first-order valence-electron chi connectivity index (χ1n) is 9.32. The van der Waals surface area contributed by atoms with Gasteiger partial charge in [-0.2, -0.15) is 0 Å². The number of nitrogens with zero attached hydrogens (tertiary/aromatic N) is 2. The van der Waals surface area contributed by atoms with Gasteiger partial charge in [0, 0.05) is 21.9 Å². The number of hydrogen-bond acceptors (Lipinski definition) is 6. The molecule has 0 N–H and O–H groups in total. The standard InChI is InChI=1S/C23H16N2O3S3/c26-22-21(31-23(29)24(22)15-16-7-3-1-4-8-16)14-17-13-18(25(27)28)11-12-20(17)30-19-9-5-2-6-10-19/h1-14H,15H2. The fourth-order valence-electron chi connectivity index (χ4n) is 3.01. The molecular weight excluding hydrogens is 448 g/mol. The summed E-state index contributed by atoms with van der Waals surface area (Å²) >= 11 is 8.13. The van der Waals surface area contributed by atoms with Gasteiger partial charge in [-0.1, -0.05) is 84.3 Å². The van der Waals surface area contributed by atoms with Crippen LogP contribution in [0.5, 0.6) is 0 Å². The lowest BCUT2D eigenvalue weighted by Crippen LogP contribution is -2.27. The molecule has 1 fully saturated rings. The Balaban J connectivity index is 1.66. The number of thiocarbonyl (C=S) groups is 1. The zero-order valence-corrected chi connectivity index (χ0v) is 18.6. The quantitative estimate of drug-likeness (QED) is 0.189. The average molecular weight is 465 g/mol. The van der Waals surface area contributed by atoms with E-state index >= 15 is 0 Å². The summed E-state index contributed by atoms with van der Waals surface area (Å²) in [6.07, 6.45) is 1.70. The van der Waals surface area contributed by atoms with Crippen molar-refractivity contribution in [2.45, 2.75) is 16.3 Å². The molecule has 3 aromatic carbocycles. The van der Waals surface area contributed by atoms with Gasteiger partial charge >= 0.3 is 0 Å². The molecule has 31 heavy (non-hydrogen) atoms. The van der Waals surface area contributed by atoms with Gasteiger partial charge in [-0.15, -0.1) is 0 Å². The topological polar surface area (TPSA) is 63.4 Å². The Labute approximate surface area is 193 Å². The Morgan fingerprint density at radius 3 is 2.39 bits per heavy atom. The normalized spacial score (nSPS) is 15.0. The largest absolute Gasteiger partial charge is 0.288 e. The zero-order chi connectivity index (χ0) is 21.8. The number of hydrogen-bond donors (Lipinski definition) is 0. The van der Waals surface area contributed by atoms with E-state index in [4.69, 9.17) is 12.2 Å². The molecular formula is C23H16N2O3S3. The smallest absolute Gasteiger partial charge is 0.270 e. The average Bonchev–Trinajstić information content (AvgIpc) is 3.03. The van der Waals surface area contributed by atoms with Gasteiger partial charge in [0.25, 0.3) is 11.6 Å². The molecule has 0 saturated carbocycles. The number of carbonyl (C=O) groups excluding carboxylic acids is 1. The molecule has 0 radical (unpaired) electrons. The van der Waals surface area contributed by atoms with Crippen molar-refractivity contribution in [2.75, 3.05) is 0 Å². The van der Waals surface area contributed by atoms with E-state index in [-0.39, 0.29) is 11.6 Å². The fourth-order valence-corrected chi connectivity index (χ4v) is 5.18. The summed E-state index contributed by atoms with van der Waals surface area (Å²) in [5.74, 6) is -0.193.